The first kappa shape index (κ1) is 14.2. The first-order chi connectivity index (χ1) is 8.21. The molecule has 17 heavy (non-hydrogen) atoms. The van der Waals surface area contributed by atoms with Crippen LogP contribution in [0.15, 0.2) is 12.1 Å². The summed E-state index contributed by atoms with van der Waals surface area (Å²) in [5.41, 5.74) is 0. The standard InChI is InChI=1S/C13H21NO2S/c1-3-10(7-8-15)9-14-13(16)12-6-5-11(4-2)17-12/h5-6,10,15H,3-4,7-9H2,1-2H3,(H,14,16). The van der Waals surface area contributed by atoms with E-state index < -0.39 is 0 Å². The molecule has 0 radical (unpaired) electrons. The van der Waals surface area contributed by atoms with E-state index in [9.17, 15) is 4.79 Å². The molecule has 96 valence electrons. The van der Waals surface area contributed by atoms with E-state index in [2.05, 4.69) is 19.2 Å². The van der Waals surface area contributed by atoms with Gasteiger partial charge in [0.1, 0.15) is 0 Å². The van der Waals surface area contributed by atoms with Crippen molar-refractivity contribution in [1.29, 1.82) is 0 Å². The van der Waals surface area contributed by atoms with Crippen LogP contribution in [0.25, 0.3) is 0 Å². The summed E-state index contributed by atoms with van der Waals surface area (Å²) in [6.45, 7) is 5.00. The Balaban J connectivity index is 2.43. The zero-order chi connectivity index (χ0) is 12.7. The molecule has 0 aliphatic carbocycles. The van der Waals surface area contributed by atoms with Crippen LogP contribution in [0.5, 0.6) is 0 Å². The van der Waals surface area contributed by atoms with E-state index in [-0.39, 0.29) is 12.5 Å². The number of aliphatic hydroxyl groups excluding tert-OH is 1. The fourth-order valence-corrected chi connectivity index (χ4v) is 2.51. The van der Waals surface area contributed by atoms with Gasteiger partial charge in [-0.3, -0.25) is 4.79 Å². The lowest BCUT2D eigenvalue weighted by molar-refractivity contribution is 0.0947. The maximum atomic E-state index is 11.8. The monoisotopic (exact) mass is 255 g/mol. The normalized spacial score (nSPS) is 12.4. The van der Waals surface area contributed by atoms with Gasteiger partial charge in [-0.1, -0.05) is 20.3 Å². The quantitative estimate of drug-likeness (QED) is 0.786. The molecule has 4 heteroatoms. The average Bonchev–Trinajstić information content (AvgIpc) is 2.82. The summed E-state index contributed by atoms with van der Waals surface area (Å²) in [5, 5.41) is 11.8. The third kappa shape index (κ3) is 4.48. The number of rotatable bonds is 7. The van der Waals surface area contributed by atoms with Gasteiger partial charge in [0.2, 0.25) is 0 Å². The molecule has 2 N–H and O–H groups in total. The number of amides is 1. The second kappa shape index (κ2) is 7.45. The van der Waals surface area contributed by atoms with Gasteiger partial charge in [0, 0.05) is 18.0 Å². The number of aliphatic hydroxyl groups is 1. The van der Waals surface area contributed by atoms with Gasteiger partial charge < -0.3 is 10.4 Å². The average molecular weight is 255 g/mol. The van der Waals surface area contributed by atoms with Crippen LogP contribution in [0, 0.1) is 5.92 Å². The van der Waals surface area contributed by atoms with Crippen molar-refractivity contribution in [3.63, 3.8) is 0 Å². The molecule has 1 rings (SSSR count). The van der Waals surface area contributed by atoms with Crippen molar-refractivity contribution in [2.24, 2.45) is 5.92 Å². The van der Waals surface area contributed by atoms with Crippen LogP contribution in [0.4, 0.5) is 0 Å². The maximum Gasteiger partial charge on any atom is 0.261 e. The van der Waals surface area contributed by atoms with Crippen molar-refractivity contribution in [2.75, 3.05) is 13.2 Å². The molecule has 1 atom stereocenters. The van der Waals surface area contributed by atoms with Gasteiger partial charge in [-0.15, -0.1) is 11.3 Å². The van der Waals surface area contributed by atoms with Crippen molar-refractivity contribution < 1.29 is 9.90 Å². The lowest BCUT2D eigenvalue weighted by Gasteiger charge is -2.13. The Hall–Kier alpha value is -0.870. The lowest BCUT2D eigenvalue weighted by atomic mass is 10.0. The Morgan fingerprint density at radius 2 is 2.24 bits per heavy atom. The molecule has 1 amide bonds. The highest BCUT2D eigenvalue weighted by molar-refractivity contribution is 7.14. The molecule has 0 aliphatic rings. The van der Waals surface area contributed by atoms with E-state index in [1.54, 1.807) is 11.3 Å². The van der Waals surface area contributed by atoms with Gasteiger partial charge in [0.15, 0.2) is 0 Å². The molecule has 0 spiro atoms. The van der Waals surface area contributed by atoms with E-state index in [0.29, 0.717) is 12.5 Å². The van der Waals surface area contributed by atoms with E-state index in [0.717, 1.165) is 24.1 Å². The first-order valence-corrected chi connectivity index (χ1v) is 7.00. The highest BCUT2D eigenvalue weighted by atomic mass is 32.1. The zero-order valence-corrected chi connectivity index (χ0v) is 11.3. The summed E-state index contributed by atoms with van der Waals surface area (Å²) >= 11 is 1.55. The smallest absolute Gasteiger partial charge is 0.261 e. The summed E-state index contributed by atoms with van der Waals surface area (Å²) in [5.74, 6) is 0.376. The van der Waals surface area contributed by atoms with Gasteiger partial charge in [-0.2, -0.15) is 0 Å². The van der Waals surface area contributed by atoms with E-state index in [1.165, 1.54) is 4.88 Å². The van der Waals surface area contributed by atoms with E-state index >= 15 is 0 Å². The van der Waals surface area contributed by atoms with Crippen LogP contribution in [0.1, 0.15) is 41.2 Å². The number of nitrogens with one attached hydrogen (secondary N) is 1. The first-order valence-electron chi connectivity index (χ1n) is 6.19. The van der Waals surface area contributed by atoms with Crippen molar-refractivity contribution >= 4 is 17.2 Å². The molecular weight excluding hydrogens is 234 g/mol. The zero-order valence-electron chi connectivity index (χ0n) is 10.5. The van der Waals surface area contributed by atoms with E-state index in [4.69, 9.17) is 5.11 Å². The van der Waals surface area contributed by atoms with Crippen molar-refractivity contribution in [3.05, 3.63) is 21.9 Å². The molecule has 1 unspecified atom stereocenters. The fraction of sp³-hybridized carbons (Fsp3) is 0.615. The molecule has 1 heterocycles. The van der Waals surface area contributed by atoms with Gasteiger partial charge in [-0.05, 0) is 30.9 Å². The highest BCUT2D eigenvalue weighted by Crippen LogP contribution is 2.17. The van der Waals surface area contributed by atoms with Crippen molar-refractivity contribution in [3.8, 4) is 0 Å². The number of aryl methyl sites for hydroxylation is 1. The van der Waals surface area contributed by atoms with Gasteiger partial charge in [-0.25, -0.2) is 0 Å². The molecule has 0 fully saturated rings. The number of hydrogen-bond acceptors (Lipinski definition) is 3. The predicted molar refractivity (Wildman–Crippen MR) is 71.5 cm³/mol. The predicted octanol–water partition coefficient (Wildman–Crippen LogP) is 2.45. The van der Waals surface area contributed by atoms with Crippen LogP contribution < -0.4 is 5.32 Å². The van der Waals surface area contributed by atoms with Crippen LogP contribution >= 0.6 is 11.3 Å². The van der Waals surface area contributed by atoms with Gasteiger partial charge >= 0.3 is 0 Å². The molecule has 3 nitrogen and oxygen atoms in total. The Kier molecular flexibility index (Phi) is 6.22. The second-order valence-electron chi connectivity index (χ2n) is 4.12. The number of carbonyl (C=O) groups is 1. The number of hydrogen-bond donors (Lipinski definition) is 2. The van der Waals surface area contributed by atoms with Crippen LogP contribution in [-0.4, -0.2) is 24.2 Å². The van der Waals surface area contributed by atoms with Gasteiger partial charge in [0.05, 0.1) is 4.88 Å². The van der Waals surface area contributed by atoms with Gasteiger partial charge in [0.25, 0.3) is 5.91 Å². The summed E-state index contributed by atoms with van der Waals surface area (Å²) < 4.78 is 0. The second-order valence-corrected chi connectivity index (χ2v) is 5.28. The van der Waals surface area contributed by atoms with Crippen LogP contribution in [-0.2, 0) is 6.42 Å². The summed E-state index contributed by atoms with van der Waals surface area (Å²) in [7, 11) is 0. The molecule has 0 bridgehead atoms. The molecule has 1 aromatic heterocycles. The number of carbonyl (C=O) groups excluding carboxylic acids is 1. The Morgan fingerprint density at radius 3 is 2.76 bits per heavy atom. The molecular formula is C13H21NO2S. The summed E-state index contributed by atoms with van der Waals surface area (Å²) in [6.07, 6.45) is 2.70. The maximum absolute atomic E-state index is 11.8. The lowest BCUT2D eigenvalue weighted by Crippen LogP contribution is -2.28. The van der Waals surface area contributed by atoms with Crippen molar-refractivity contribution in [1.82, 2.24) is 5.32 Å². The third-order valence-corrected chi connectivity index (χ3v) is 4.13. The number of thiophene rings is 1. The van der Waals surface area contributed by atoms with Crippen LogP contribution in [0.3, 0.4) is 0 Å². The molecule has 0 aromatic carbocycles. The van der Waals surface area contributed by atoms with Crippen molar-refractivity contribution in [2.45, 2.75) is 33.1 Å². The Bertz CT molecular complexity index is 349. The topological polar surface area (TPSA) is 49.3 Å². The fourth-order valence-electron chi connectivity index (χ4n) is 1.65. The highest BCUT2D eigenvalue weighted by Gasteiger charge is 2.11. The Labute approximate surface area is 107 Å². The molecule has 0 aliphatic heterocycles. The summed E-state index contributed by atoms with van der Waals surface area (Å²) in [6, 6.07) is 3.89. The molecule has 1 aromatic rings. The van der Waals surface area contributed by atoms with E-state index in [1.807, 2.05) is 12.1 Å². The van der Waals surface area contributed by atoms with Crippen LogP contribution in [0.2, 0.25) is 0 Å². The largest absolute Gasteiger partial charge is 0.396 e. The molecule has 0 saturated heterocycles. The minimum absolute atomic E-state index is 0.00564. The Morgan fingerprint density at radius 1 is 1.47 bits per heavy atom. The minimum Gasteiger partial charge on any atom is -0.396 e. The minimum atomic E-state index is 0.00564. The molecule has 0 saturated carbocycles. The third-order valence-electron chi connectivity index (χ3n) is 2.90. The SMILES string of the molecule is CCc1ccc(C(=O)NCC(CC)CCO)s1. The summed E-state index contributed by atoms with van der Waals surface area (Å²) in [4.78, 5) is 13.8.